The third-order valence-corrected chi connectivity index (χ3v) is 2.13. The lowest BCUT2D eigenvalue weighted by atomic mass is 10.1. The summed E-state index contributed by atoms with van der Waals surface area (Å²) in [5.74, 6) is -3.24. The molecule has 16 heavy (non-hydrogen) atoms. The normalized spacial score (nSPS) is 19.8. The van der Waals surface area contributed by atoms with Gasteiger partial charge in [-0.1, -0.05) is 6.92 Å². The maximum Gasteiger partial charge on any atom is 0.346 e. The van der Waals surface area contributed by atoms with E-state index >= 15 is 0 Å². The first-order valence-corrected chi connectivity index (χ1v) is 4.86. The van der Waals surface area contributed by atoms with E-state index in [1.54, 1.807) is 6.92 Å². The fourth-order valence-electron chi connectivity index (χ4n) is 1.42. The van der Waals surface area contributed by atoms with E-state index in [1.807, 2.05) is 0 Å². The van der Waals surface area contributed by atoms with E-state index in [0.717, 1.165) is 0 Å². The van der Waals surface area contributed by atoms with Crippen LogP contribution in [0.2, 0.25) is 0 Å². The van der Waals surface area contributed by atoms with Crippen molar-refractivity contribution in [2.75, 3.05) is 0 Å². The van der Waals surface area contributed by atoms with Crippen molar-refractivity contribution in [3.05, 3.63) is 11.3 Å². The Balaban J connectivity index is 2.88. The number of esters is 1. The van der Waals surface area contributed by atoms with Crippen LogP contribution in [-0.4, -0.2) is 34.0 Å². The van der Waals surface area contributed by atoms with Gasteiger partial charge in [0.1, 0.15) is 5.57 Å². The van der Waals surface area contributed by atoms with Crippen molar-refractivity contribution in [3.8, 4) is 0 Å². The Hall–Kier alpha value is -1.85. The summed E-state index contributed by atoms with van der Waals surface area (Å²) in [6, 6.07) is 0. The largest absolute Gasteiger partial charge is 0.507 e. The van der Waals surface area contributed by atoms with Gasteiger partial charge in [0.25, 0.3) is 0 Å². The molecule has 6 heteroatoms. The number of hydrogen-bond donors (Lipinski definition) is 2. The summed E-state index contributed by atoms with van der Waals surface area (Å²) in [5, 5.41) is 18.0. The monoisotopic (exact) mass is 228 g/mol. The minimum atomic E-state index is -1.24. The van der Waals surface area contributed by atoms with Crippen LogP contribution in [0.1, 0.15) is 26.2 Å². The van der Waals surface area contributed by atoms with Crippen LogP contribution >= 0.6 is 0 Å². The van der Waals surface area contributed by atoms with Crippen molar-refractivity contribution in [2.24, 2.45) is 0 Å². The van der Waals surface area contributed by atoms with Crippen LogP contribution in [0.3, 0.4) is 0 Å². The summed E-state index contributed by atoms with van der Waals surface area (Å²) < 4.78 is 4.60. The molecule has 1 rings (SSSR count). The third-order valence-electron chi connectivity index (χ3n) is 2.13. The van der Waals surface area contributed by atoms with E-state index in [-0.39, 0.29) is 6.42 Å². The maximum absolute atomic E-state index is 11.4. The molecule has 6 nitrogen and oxygen atoms in total. The molecule has 0 aliphatic carbocycles. The summed E-state index contributed by atoms with van der Waals surface area (Å²) in [6.45, 7) is 1.75. The van der Waals surface area contributed by atoms with Gasteiger partial charge in [0, 0.05) is 6.42 Å². The predicted octanol–water partition coefficient (Wildman–Crippen LogP) is 0.568. The highest BCUT2D eigenvalue weighted by Gasteiger charge is 2.38. The lowest BCUT2D eigenvalue weighted by Gasteiger charge is -2.05. The van der Waals surface area contributed by atoms with E-state index in [0.29, 0.717) is 6.42 Å². The first-order chi connectivity index (χ1) is 7.47. The Morgan fingerprint density at radius 1 is 1.44 bits per heavy atom. The average molecular weight is 228 g/mol. The zero-order valence-corrected chi connectivity index (χ0v) is 8.73. The number of ketones is 1. The lowest BCUT2D eigenvalue weighted by molar-refractivity contribution is -0.145. The van der Waals surface area contributed by atoms with Crippen molar-refractivity contribution < 1.29 is 29.3 Å². The van der Waals surface area contributed by atoms with Gasteiger partial charge in [-0.2, -0.15) is 0 Å². The molecule has 0 radical (unpaired) electrons. The van der Waals surface area contributed by atoms with Crippen LogP contribution in [0.5, 0.6) is 0 Å². The molecule has 0 aromatic rings. The van der Waals surface area contributed by atoms with Crippen molar-refractivity contribution in [1.82, 2.24) is 0 Å². The molecule has 0 saturated carbocycles. The molecule has 0 spiro atoms. The molecular weight excluding hydrogens is 216 g/mol. The summed E-state index contributed by atoms with van der Waals surface area (Å²) in [4.78, 5) is 33.1. The topological polar surface area (TPSA) is 101 Å². The molecule has 0 aromatic carbocycles. The number of carboxylic acids is 1. The molecule has 2 N–H and O–H groups in total. The van der Waals surface area contributed by atoms with Crippen LogP contribution in [0.4, 0.5) is 0 Å². The number of rotatable bonds is 5. The van der Waals surface area contributed by atoms with E-state index in [1.165, 1.54) is 0 Å². The predicted molar refractivity (Wildman–Crippen MR) is 51.7 cm³/mol. The van der Waals surface area contributed by atoms with Gasteiger partial charge >= 0.3 is 11.9 Å². The summed E-state index contributed by atoms with van der Waals surface area (Å²) >= 11 is 0. The second-order valence-corrected chi connectivity index (χ2v) is 3.43. The number of hydrogen-bond acceptors (Lipinski definition) is 5. The molecule has 1 aliphatic rings. The van der Waals surface area contributed by atoms with Gasteiger partial charge in [0.2, 0.25) is 0 Å². The quantitative estimate of drug-likeness (QED) is 0.527. The first kappa shape index (κ1) is 12.2. The van der Waals surface area contributed by atoms with E-state index < -0.39 is 41.6 Å². The second-order valence-electron chi connectivity index (χ2n) is 3.43. The highest BCUT2D eigenvalue weighted by molar-refractivity contribution is 6.19. The number of aliphatic hydroxyl groups excluding tert-OH is 1. The minimum absolute atomic E-state index is 0.119. The van der Waals surface area contributed by atoms with Crippen molar-refractivity contribution >= 4 is 17.7 Å². The lowest BCUT2D eigenvalue weighted by Crippen LogP contribution is -2.16. The molecule has 0 amide bonds. The molecule has 0 aromatic heterocycles. The number of carbonyl (C=O) groups excluding carboxylic acids is 2. The number of Topliss-reactive ketones (excluding diaryl/α,β-unsaturated/α-hetero) is 1. The Kier molecular flexibility index (Phi) is 3.65. The number of cyclic esters (lactones) is 1. The number of ether oxygens (including phenoxy) is 1. The standard InChI is InChI=1S/C10H12O6/c1-2-3-5(11)8-9(14)6(4-7(12)13)16-10(8)15/h6,14H,2-4H2,1H3,(H,12,13)/t6-/m0/s1. The molecule has 0 saturated heterocycles. The van der Waals surface area contributed by atoms with E-state index in [2.05, 4.69) is 4.74 Å². The summed E-state index contributed by atoms with van der Waals surface area (Å²) in [7, 11) is 0. The highest BCUT2D eigenvalue weighted by Crippen LogP contribution is 2.24. The number of aliphatic hydroxyl groups is 1. The minimum Gasteiger partial charge on any atom is -0.507 e. The van der Waals surface area contributed by atoms with Crippen LogP contribution in [0.25, 0.3) is 0 Å². The molecule has 0 bridgehead atoms. The van der Waals surface area contributed by atoms with E-state index in [9.17, 15) is 19.5 Å². The van der Waals surface area contributed by atoms with Gasteiger partial charge in [-0.05, 0) is 6.42 Å². The SMILES string of the molecule is CCCC(=O)C1=C(O)[C@H](CC(=O)O)OC1=O. The van der Waals surface area contributed by atoms with Crippen LogP contribution in [0.15, 0.2) is 11.3 Å². The highest BCUT2D eigenvalue weighted by atomic mass is 16.6. The smallest absolute Gasteiger partial charge is 0.346 e. The van der Waals surface area contributed by atoms with Gasteiger partial charge in [-0.25, -0.2) is 4.79 Å². The Morgan fingerprint density at radius 3 is 2.56 bits per heavy atom. The second kappa shape index (κ2) is 4.78. The Labute approximate surface area is 91.5 Å². The molecule has 1 heterocycles. The number of aliphatic carboxylic acids is 1. The van der Waals surface area contributed by atoms with Crippen LogP contribution in [-0.2, 0) is 19.1 Å². The van der Waals surface area contributed by atoms with Gasteiger partial charge in [-0.15, -0.1) is 0 Å². The fraction of sp³-hybridized carbons (Fsp3) is 0.500. The molecule has 0 unspecified atom stereocenters. The molecule has 1 aliphatic heterocycles. The van der Waals surface area contributed by atoms with Crippen molar-refractivity contribution in [3.63, 3.8) is 0 Å². The van der Waals surface area contributed by atoms with Gasteiger partial charge < -0.3 is 14.9 Å². The third kappa shape index (κ3) is 2.39. The Morgan fingerprint density at radius 2 is 2.06 bits per heavy atom. The Bertz CT molecular complexity index is 368. The van der Waals surface area contributed by atoms with Crippen molar-refractivity contribution in [2.45, 2.75) is 32.3 Å². The number of carboxylic acid groups (broad SMARTS) is 1. The van der Waals surface area contributed by atoms with Gasteiger partial charge in [0.15, 0.2) is 17.6 Å². The average Bonchev–Trinajstić information content (AvgIpc) is 2.41. The van der Waals surface area contributed by atoms with E-state index in [4.69, 9.17) is 5.11 Å². The van der Waals surface area contributed by atoms with Gasteiger partial charge in [0.05, 0.1) is 6.42 Å². The summed E-state index contributed by atoms with van der Waals surface area (Å²) in [5.41, 5.74) is -0.409. The van der Waals surface area contributed by atoms with Crippen LogP contribution < -0.4 is 0 Å². The van der Waals surface area contributed by atoms with Crippen LogP contribution in [0, 0.1) is 0 Å². The molecule has 88 valence electrons. The molecule has 0 fully saturated rings. The fourth-order valence-corrected chi connectivity index (χ4v) is 1.42. The first-order valence-electron chi connectivity index (χ1n) is 4.86. The molecule has 1 atom stereocenters. The maximum atomic E-state index is 11.4. The number of carbonyl (C=O) groups is 3. The zero-order valence-electron chi connectivity index (χ0n) is 8.73. The zero-order chi connectivity index (χ0) is 12.3. The van der Waals surface area contributed by atoms with Crippen molar-refractivity contribution in [1.29, 1.82) is 0 Å². The summed E-state index contributed by atoms with van der Waals surface area (Å²) in [6.07, 6.45) is -1.12. The van der Waals surface area contributed by atoms with Gasteiger partial charge in [-0.3, -0.25) is 9.59 Å². The molecular formula is C10H12O6.